The monoisotopic (exact) mass is 445 g/mol. The second-order valence-corrected chi connectivity index (χ2v) is 8.06. The number of benzene rings is 2. The fraction of sp³-hybridized carbons (Fsp3) is 0.0435. The van der Waals surface area contributed by atoms with Crippen molar-refractivity contribution in [3.8, 4) is 28.6 Å². The molecular formula is C23H16BrN3S. The molecule has 4 rings (SSSR count). The van der Waals surface area contributed by atoms with E-state index in [9.17, 15) is 5.26 Å². The number of halogens is 1. The summed E-state index contributed by atoms with van der Waals surface area (Å²) < 4.78 is 3.14. The number of allylic oxidation sites excluding steroid dienone is 1. The lowest BCUT2D eigenvalue weighted by atomic mass is 10.1. The van der Waals surface area contributed by atoms with Gasteiger partial charge in [-0.2, -0.15) is 5.26 Å². The van der Waals surface area contributed by atoms with Crippen molar-refractivity contribution in [2.45, 2.75) is 0 Å². The van der Waals surface area contributed by atoms with Gasteiger partial charge in [0.25, 0.3) is 0 Å². The number of nitriles is 1. The standard InChI is InChI=1S/C23H16BrN3S/c1-27-20(11-12-22(27)17-7-9-19(24)10-8-17)13-18(14-25)23-26-21(15-28-23)16-5-3-2-4-6-16/h2-13,15H,1H3. The highest BCUT2D eigenvalue weighted by molar-refractivity contribution is 9.10. The van der Waals surface area contributed by atoms with Crippen LogP contribution in [-0.4, -0.2) is 9.55 Å². The van der Waals surface area contributed by atoms with Crippen LogP contribution in [0.5, 0.6) is 0 Å². The summed E-state index contributed by atoms with van der Waals surface area (Å²) in [4.78, 5) is 4.67. The highest BCUT2D eigenvalue weighted by Crippen LogP contribution is 2.29. The van der Waals surface area contributed by atoms with Gasteiger partial charge in [0.2, 0.25) is 0 Å². The molecule has 2 heterocycles. The van der Waals surface area contributed by atoms with E-state index in [1.54, 1.807) is 0 Å². The highest BCUT2D eigenvalue weighted by Gasteiger charge is 2.11. The summed E-state index contributed by atoms with van der Waals surface area (Å²) in [5.41, 5.74) is 5.70. The normalized spacial score (nSPS) is 11.4. The van der Waals surface area contributed by atoms with E-state index in [1.807, 2.05) is 67.0 Å². The Morgan fingerprint density at radius 1 is 1.04 bits per heavy atom. The van der Waals surface area contributed by atoms with Gasteiger partial charge in [-0.3, -0.25) is 0 Å². The van der Waals surface area contributed by atoms with Gasteiger partial charge in [0, 0.05) is 33.9 Å². The molecule has 0 amide bonds. The van der Waals surface area contributed by atoms with Crippen molar-refractivity contribution >= 4 is 38.9 Å². The fourth-order valence-corrected chi connectivity index (χ4v) is 4.07. The molecule has 28 heavy (non-hydrogen) atoms. The van der Waals surface area contributed by atoms with Gasteiger partial charge in [-0.25, -0.2) is 4.98 Å². The summed E-state index contributed by atoms with van der Waals surface area (Å²) in [6.45, 7) is 0. The summed E-state index contributed by atoms with van der Waals surface area (Å²) in [5.74, 6) is 0. The molecule has 0 spiro atoms. The van der Waals surface area contributed by atoms with Crippen molar-refractivity contribution in [2.75, 3.05) is 0 Å². The van der Waals surface area contributed by atoms with Crippen LogP contribution >= 0.6 is 27.3 Å². The number of hydrogen-bond donors (Lipinski definition) is 0. The maximum Gasteiger partial charge on any atom is 0.134 e. The summed E-state index contributed by atoms with van der Waals surface area (Å²) in [5, 5.41) is 12.4. The maximum atomic E-state index is 9.70. The van der Waals surface area contributed by atoms with Crippen LogP contribution in [0.25, 0.3) is 34.2 Å². The van der Waals surface area contributed by atoms with E-state index >= 15 is 0 Å². The van der Waals surface area contributed by atoms with E-state index in [-0.39, 0.29) is 0 Å². The lowest BCUT2D eigenvalue weighted by Crippen LogP contribution is -1.94. The van der Waals surface area contributed by atoms with Crippen LogP contribution < -0.4 is 0 Å². The fourth-order valence-electron chi connectivity index (χ4n) is 3.01. The molecule has 0 bridgehead atoms. The summed E-state index contributed by atoms with van der Waals surface area (Å²) in [6.07, 6.45) is 1.90. The Morgan fingerprint density at radius 3 is 2.50 bits per heavy atom. The van der Waals surface area contributed by atoms with E-state index in [1.165, 1.54) is 11.3 Å². The lowest BCUT2D eigenvalue weighted by Gasteiger charge is -2.06. The number of aromatic nitrogens is 2. The van der Waals surface area contributed by atoms with Crippen molar-refractivity contribution in [3.63, 3.8) is 0 Å². The minimum absolute atomic E-state index is 0.565. The zero-order valence-electron chi connectivity index (χ0n) is 15.1. The van der Waals surface area contributed by atoms with Gasteiger partial charge in [-0.15, -0.1) is 11.3 Å². The topological polar surface area (TPSA) is 41.6 Å². The summed E-state index contributed by atoms with van der Waals surface area (Å²) in [7, 11) is 2.01. The molecule has 0 unspecified atom stereocenters. The van der Waals surface area contributed by atoms with Gasteiger partial charge in [-0.1, -0.05) is 58.4 Å². The molecular weight excluding hydrogens is 430 g/mol. The van der Waals surface area contributed by atoms with Crippen molar-refractivity contribution in [1.82, 2.24) is 9.55 Å². The molecule has 5 heteroatoms. The van der Waals surface area contributed by atoms with Gasteiger partial charge in [0.1, 0.15) is 11.1 Å². The Bertz CT molecular complexity index is 1180. The van der Waals surface area contributed by atoms with Crippen LogP contribution in [0.3, 0.4) is 0 Å². The van der Waals surface area contributed by atoms with E-state index in [2.05, 4.69) is 49.7 Å². The molecule has 0 saturated carbocycles. The van der Waals surface area contributed by atoms with E-state index in [0.717, 1.165) is 37.7 Å². The minimum Gasteiger partial charge on any atom is -0.344 e. The smallest absolute Gasteiger partial charge is 0.134 e. The SMILES string of the molecule is Cn1c(C=C(C#N)c2nc(-c3ccccc3)cs2)ccc1-c1ccc(Br)cc1. The highest BCUT2D eigenvalue weighted by atomic mass is 79.9. The number of hydrogen-bond acceptors (Lipinski definition) is 3. The van der Waals surface area contributed by atoms with Crippen LogP contribution in [0.4, 0.5) is 0 Å². The Morgan fingerprint density at radius 2 is 1.79 bits per heavy atom. The van der Waals surface area contributed by atoms with Gasteiger partial charge in [0.05, 0.1) is 11.3 Å². The Hall–Kier alpha value is -2.94. The van der Waals surface area contributed by atoms with Crippen LogP contribution in [0, 0.1) is 11.3 Å². The molecule has 0 aliphatic rings. The molecule has 136 valence electrons. The predicted octanol–water partition coefficient (Wildman–Crippen LogP) is 6.64. The number of thiazole rings is 1. The molecule has 4 aromatic rings. The van der Waals surface area contributed by atoms with Gasteiger partial charge in [0.15, 0.2) is 0 Å². The third-order valence-corrected chi connectivity index (χ3v) is 5.92. The third-order valence-electron chi connectivity index (χ3n) is 4.52. The van der Waals surface area contributed by atoms with Gasteiger partial charge < -0.3 is 4.57 Å². The molecule has 2 aromatic heterocycles. The predicted molar refractivity (Wildman–Crippen MR) is 120 cm³/mol. The maximum absolute atomic E-state index is 9.70. The van der Waals surface area contributed by atoms with Crippen molar-refractivity contribution < 1.29 is 0 Å². The lowest BCUT2D eigenvalue weighted by molar-refractivity contribution is 0.924. The van der Waals surface area contributed by atoms with E-state index in [4.69, 9.17) is 0 Å². The zero-order chi connectivity index (χ0) is 19.5. The first kappa shape index (κ1) is 18.4. The van der Waals surface area contributed by atoms with Crippen molar-refractivity contribution in [1.29, 1.82) is 5.26 Å². The molecule has 0 aliphatic carbocycles. The van der Waals surface area contributed by atoms with Crippen LogP contribution in [-0.2, 0) is 7.05 Å². The van der Waals surface area contributed by atoms with Gasteiger partial charge in [-0.05, 0) is 35.9 Å². The van der Waals surface area contributed by atoms with Crippen molar-refractivity contribution in [3.05, 3.63) is 87.3 Å². The summed E-state index contributed by atoms with van der Waals surface area (Å²) >= 11 is 4.96. The second kappa shape index (κ2) is 7.97. The largest absolute Gasteiger partial charge is 0.344 e. The molecule has 0 N–H and O–H groups in total. The first-order chi connectivity index (χ1) is 13.7. The first-order valence-corrected chi connectivity index (χ1v) is 10.4. The van der Waals surface area contributed by atoms with Gasteiger partial charge >= 0.3 is 0 Å². The van der Waals surface area contributed by atoms with Crippen LogP contribution in [0.2, 0.25) is 0 Å². The Kier molecular flexibility index (Phi) is 5.25. The molecule has 0 atom stereocenters. The number of rotatable bonds is 4. The van der Waals surface area contributed by atoms with Crippen molar-refractivity contribution in [2.24, 2.45) is 7.05 Å². The molecule has 0 fully saturated rings. The first-order valence-electron chi connectivity index (χ1n) is 8.70. The number of nitrogens with zero attached hydrogens (tertiary/aromatic N) is 3. The van der Waals surface area contributed by atoms with Crippen LogP contribution in [0.15, 0.2) is 76.6 Å². The second-order valence-electron chi connectivity index (χ2n) is 6.28. The summed E-state index contributed by atoms with van der Waals surface area (Å²) in [6, 6.07) is 24.6. The Balaban J connectivity index is 1.67. The average Bonchev–Trinajstić information content (AvgIpc) is 3.35. The third kappa shape index (κ3) is 3.70. The molecule has 0 saturated heterocycles. The average molecular weight is 446 g/mol. The van der Waals surface area contributed by atoms with E-state index in [0.29, 0.717) is 5.57 Å². The molecule has 3 nitrogen and oxygen atoms in total. The van der Waals surface area contributed by atoms with E-state index < -0.39 is 0 Å². The molecule has 0 radical (unpaired) electrons. The Labute approximate surface area is 176 Å². The quantitative estimate of drug-likeness (QED) is 0.330. The zero-order valence-corrected chi connectivity index (χ0v) is 17.5. The molecule has 2 aromatic carbocycles. The minimum atomic E-state index is 0.565. The molecule has 0 aliphatic heterocycles. The van der Waals surface area contributed by atoms with Crippen LogP contribution in [0.1, 0.15) is 10.7 Å².